The zero-order valence-corrected chi connectivity index (χ0v) is 9.96. The number of carbonyl (C=O) groups is 1. The lowest BCUT2D eigenvalue weighted by atomic mass is 10.1. The lowest BCUT2D eigenvalue weighted by molar-refractivity contribution is -0.137. The summed E-state index contributed by atoms with van der Waals surface area (Å²) in [5.41, 5.74) is -0.217. The Morgan fingerprint density at radius 2 is 2.33 bits per heavy atom. The molecule has 0 spiro atoms. The van der Waals surface area contributed by atoms with Crippen molar-refractivity contribution in [3.63, 3.8) is 0 Å². The second-order valence-corrected chi connectivity index (χ2v) is 5.03. The summed E-state index contributed by atoms with van der Waals surface area (Å²) in [7, 11) is 0. The fourth-order valence-electron chi connectivity index (χ4n) is 1.76. The van der Waals surface area contributed by atoms with Gasteiger partial charge < -0.3 is 9.84 Å². The Morgan fingerprint density at radius 1 is 1.67 bits per heavy atom. The van der Waals surface area contributed by atoms with Gasteiger partial charge in [0.15, 0.2) is 0 Å². The maximum Gasteiger partial charge on any atom is 0.322 e. The lowest BCUT2D eigenvalue weighted by Gasteiger charge is -2.29. The van der Waals surface area contributed by atoms with E-state index >= 15 is 0 Å². The number of hydrogen-bond donors (Lipinski definition) is 1. The molecule has 15 heavy (non-hydrogen) atoms. The molecule has 0 aromatic rings. The van der Waals surface area contributed by atoms with Crippen LogP contribution in [0.15, 0.2) is 0 Å². The SMILES string of the molecule is CC1(C)CN(CC(Cl)C(=O)O)CCCO1. The van der Waals surface area contributed by atoms with Crippen LogP contribution < -0.4 is 0 Å². The van der Waals surface area contributed by atoms with Crippen molar-refractivity contribution < 1.29 is 14.6 Å². The summed E-state index contributed by atoms with van der Waals surface area (Å²) in [6.07, 6.45) is 0.923. The fourth-order valence-corrected chi connectivity index (χ4v) is 1.96. The quantitative estimate of drug-likeness (QED) is 0.747. The molecule has 0 aromatic heterocycles. The summed E-state index contributed by atoms with van der Waals surface area (Å²) in [6.45, 7) is 6.70. The average Bonchev–Trinajstić information content (AvgIpc) is 2.26. The van der Waals surface area contributed by atoms with Gasteiger partial charge in [-0.15, -0.1) is 11.6 Å². The van der Waals surface area contributed by atoms with Gasteiger partial charge in [0.1, 0.15) is 5.38 Å². The molecule has 0 aliphatic carbocycles. The standard InChI is InChI=1S/C10H18ClNO3/c1-10(2)7-12(4-3-5-15-10)6-8(11)9(13)14/h8H,3-7H2,1-2H3,(H,13,14). The molecular weight excluding hydrogens is 218 g/mol. The van der Waals surface area contributed by atoms with Gasteiger partial charge in [0.2, 0.25) is 0 Å². The summed E-state index contributed by atoms with van der Waals surface area (Å²) >= 11 is 5.71. The largest absolute Gasteiger partial charge is 0.480 e. The predicted molar refractivity (Wildman–Crippen MR) is 58.4 cm³/mol. The van der Waals surface area contributed by atoms with E-state index in [9.17, 15) is 4.79 Å². The Morgan fingerprint density at radius 3 is 2.93 bits per heavy atom. The molecule has 5 heteroatoms. The first kappa shape index (κ1) is 12.7. The number of ether oxygens (including phenoxy) is 1. The van der Waals surface area contributed by atoms with Crippen LogP contribution in [-0.4, -0.2) is 53.2 Å². The fraction of sp³-hybridized carbons (Fsp3) is 0.900. The van der Waals surface area contributed by atoms with E-state index in [0.29, 0.717) is 6.54 Å². The molecule has 1 fully saturated rings. The van der Waals surface area contributed by atoms with E-state index in [0.717, 1.165) is 26.1 Å². The molecule has 1 rings (SSSR count). The van der Waals surface area contributed by atoms with Crippen LogP contribution in [0.3, 0.4) is 0 Å². The van der Waals surface area contributed by atoms with Crippen LogP contribution in [0.2, 0.25) is 0 Å². The zero-order valence-electron chi connectivity index (χ0n) is 9.20. The highest BCUT2D eigenvalue weighted by molar-refractivity contribution is 6.29. The maximum absolute atomic E-state index is 10.6. The van der Waals surface area contributed by atoms with Gasteiger partial charge in [-0.2, -0.15) is 0 Å². The first-order valence-electron chi connectivity index (χ1n) is 5.14. The molecule has 4 nitrogen and oxygen atoms in total. The summed E-state index contributed by atoms with van der Waals surface area (Å²) in [5.74, 6) is -0.959. The van der Waals surface area contributed by atoms with Crippen molar-refractivity contribution in [3.8, 4) is 0 Å². The van der Waals surface area contributed by atoms with Gasteiger partial charge in [-0.1, -0.05) is 0 Å². The number of hydrogen-bond acceptors (Lipinski definition) is 3. The molecule has 0 aromatic carbocycles. The smallest absolute Gasteiger partial charge is 0.322 e. The Hall–Kier alpha value is -0.320. The molecule has 0 bridgehead atoms. The monoisotopic (exact) mass is 235 g/mol. The molecule has 1 aliphatic rings. The van der Waals surface area contributed by atoms with E-state index in [2.05, 4.69) is 4.90 Å². The number of aliphatic carboxylic acids is 1. The van der Waals surface area contributed by atoms with Crippen molar-refractivity contribution in [2.24, 2.45) is 0 Å². The molecule has 1 aliphatic heterocycles. The van der Waals surface area contributed by atoms with Crippen molar-refractivity contribution in [3.05, 3.63) is 0 Å². The Balaban J connectivity index is 2.50. The minimum Gasteiger partial charge on any atom is -0.480 e. The molecule has 1 atom stereocenters. The first-order chi connectivity index (χ1) is 6.91. The van der Waals surface area contributed by atoms with Gasteiger partial charge in [-0.05, 0) is 20.3 Å². The molecular formula is C10H18ClNO3. The first-order valence-corrected chi connectivity index (χ1v) is 5.57. The Labute approximate surface area is 95.2 Å². The van der Waals surface area contributed by atoms with Gasteiger partial charge in [-0.25, -0.2) is 0 Å². The molecule has 88 valence electrons. The van der Waals surface area contributed by atoms with Gasteiger partial charge in [0.05, 0.1) is 5.60 Å². The van der Waals surface area contributed by atoms with Crippen LogP contribution in [0.4, 0.5) is 0 Å². The number of alkyl halides is 1. The van der Waals surface area contributed by atoms with Gasteiger partial charge in [0.25, 0.3) is 0 Å². The minimum absolute atomic E-state index is 0.217. The van der Waals surface area contributed by atoms with E-state index in [1.165, 1.54) is 0 Å². The molecule has 0 radical (unpaired) electrons. The third-order valence-electron chi connectivity index (χ3n) is 2.40. The molecule has 0 saturated carbocycles. The van der Waals surface area contributed by atoms with Gasteiger partial charge >= 0.3 is 5.97 Å². The normalized spacial score (nSPS) is 24.5. The van der Waals surface area contributed by atoms with E-state index in [-0.39, 0.29) is 5.60 Å². The van der Waals surface area contributed by atoms with Gasteiger partial charge in [-0.3, -0.25) is 9.69 Å². The van der Waals surface area contributed by atoms with Crippen molar-refractivity contribution in [1.29, 1.82) is 0 Å². The predicted octanol–water partition coefficient (Wildman–Crippen LogP) is 1.18. The second-order valence-electron chi connectivity index (χ2n) is 4.50. The van der Waals surface area contributed by atoms with Crippen LogP contribution in [0.5, 0.6) is 0 Å². The topological polar surface area (TPSA) is 49.8 Å². The highest BCUT2D eigenvalue weighted by Gasteiger charge is 2.27. The van der Waals surface area contributed by atoms with Crippen molar-refractivity contribution in [2.45, 2.75) is 31.2 Å². The summed E-state index contributed by atoms with van der Waals surface area (Å²) < 4.78 is 5.63. The van der Waals surface area contributed by atoms with E-state index in [1.54, 1.807) is 0 Å². The number of carboxylic acid groups (broad SMARTS) is 1. The highest BCUT2D eigenvalue weighted by Crippen LogP contribution is 2.17. The molecule has 1 saturated heterocycles. The molecule has 1 unspecified atom stereocenters. The lowest BCUT2D eigenvalue weighted by Crippen LogP contribution is -2.42. The van der Waals surface area contributed by atoms with Crippen LogP contribution >= 0.6 is 11.6 Å². The zero-order chi connectivity index (χ0) is 11.5. The third-order valence-corrected chi connectivity index (χ3v) is 2.73. The van der Waals surface area contributed by atoms with Crippen LogP contribution in [0.1, 0.15) is 20.3 Å². The summed E-state index contributed by atoms with van der Waals surface area (Å²) in [5, 5.41) is 7.89. The minimum atomic E-state index is -0.959. The van der Waals surface area contributed by atoms with Crippen LogP contribution in [0.25, 0.3) is 0 Å². The Bertz CT molecular complexity index is 233. The summed E-state index contributed by atoms with van der Waals surface area (Å²) in [6, 6.07) is 0. The van der Waals surface area contributed by atoms with Crippen molar-refractivity contribution in [2.75, 3.05) is 26.2 Å². The maximum atomic E-state index is 10.6. The number of halogens is 1. The highest BCUT2D eigenvalue weighted by atomic mass is 35.5. The molecule has 1 heterocycles. The second kappa shape index (κ2) is 5.14. The van der Waals surface area contributed by atoms with Crippen LogP contribution in [0, 0.1) is 0 Å². The van der Waals surface area contributed by atoms with Crippen LogP contribution in [-0.2, 0) is 9.53 Å². The van der Waals surface area contributed by atoms with Gasteiger partial charge in [0, 0.05) is 26.2 Å². The van der Waals surface area contributed by atoms with E-state index in [4.69, 9.17) is 21.4 Å². The molecule has 0 amide bonds. The number of carboxylic acids is 1. The summed E-state index contributed by atoms with van der Waals surface area (Å²) in [4.78, 5) is 12.7. The average molecular weight is 236 g/mol. The van der Waals surface area contributed by atoms with Crippen molar-refractivity contribution >= 4 is 17.6 Å². The van der Waals surface area contributed by atoms with E-state index in [1.807, 2.05) is 13.8 Å². The molecule has 1 N–H and O–H groups in total. The Kier molecular flexibility index (Phi) is 4.37. The van der Waals surface area contributed by atoms with Crippen molar-refractivity contribution in [1.82, 2.24) is 4.90 Å². The number of nitrogens with zero attached hydrogens (tertiary/aromatic N) is 1. The third kappa shape index (κ3) is 4.36. The number of rotatable bonds is 3. The van der Waals surface area contributed by atoms with E-state index < -0.39 is 11.3 Å².